The minimum absolute atomic E-state index is 0. The maximum atomic E-state index is 12.1. The van der Waals surface area contributed by atoms with E-state index >= 15 is 0 Å². The molecule has 1 aromatic carbocycles. The molecule has 1 aliphatic heterocycles. The number of carbonyl (C=O) groups is 1. The van der Waals surface area contributed by atoms with Crippen molar-refractivity contribution >= 4 is 30.7 Å². The van der Waals surface area contributed by atoms with E-state index in [1.54, 1.807) is 0 Å². The first-order valence-corrected chi connectivity index (χ1v) is 6.93. The average Bonchev–Trinajstić information content (AvgIpc) is 2.45. The molecule has 0 saturated heterocycles. The maximum Gasteiger partial charge on any atom is 0.237 e. The molecule has 1 unspecified atom stereocenters. The summed E-state index contributed by atoms with van der Waals surface area (Å²) >= 11 is 0. The van der Waals surface area contributed by atoms with Crippen molar-refractivity contribution in [3.63, 3.8) is 0 Å². The Morgan fingerprint density at radius 1 is 1.29 bits per heavy atom. The standard InChI is InChI=1S/C15H23N3O.2ClH/c1-11(9-16)17-15(19)12(2)18-8-7-13-5-3-4-6-14(13)10-18;;/h3-6,11-12H,7-10,16H2,1-2H3,(H,17,19);2*1H/t11-,12?;;/m0../s1. The zero-order valence-corrected chi connectivity index (χ0v) is 14.2. The van der Waals surface area contributed by atoms with E-state index < -0.39 is 0 Å². The fraction of sp³-hybridized carbons (Fsp3) is 0.533. The van der Waals surface area contributed by atoms with E-state index in [1.807, 2.05) is 13.8 Å². The summed E-state index contributed by atoms with van der Waals surface area (Å²) in [5.41, 5.74) is 8.27. The van der Waals surface area contributed by atoms with Crippen molar-refractivity contribution < 1.29 is 4.79 Å². The van der Waals surface area contributed by atoms with E-state index in [4.69, 9.17) is 5.73 Å². The third kappa shape index (κ3) is 5.15. The summed E-state index contributed by atoms with van der Waals surface area (Å²) in [5.74, 6) is 0.0670. The van der Waals surface area contributed by atoms with Crippen LogP contribution < -0.4 is 11.1 Å². The molecule has 2 atom stereocenters. The lowest BCUT2D eigenvalue weighted by Gasteiger charge is -2.33. The van der Waals surface area contributed by atoms with Crippen molar-refractivity contribution in [2.24, 2.45) is 5.73 Å². The van der Waals surface area contributed by atoms with Gasteiger partial charge in [0, 0.05) is 25.7 Å². The zero-order valence-electron chi connectivity index (χ0n) is 12.5. The third-order valence-electron chi connectivity index (χ3n) is 3.83. The Bertz CT molecular complexity index is 456. The number of halogens is 2. The molecule has 0 bridgehead atoms. The molecule has 1 aromatic rings. The Hall–Kier alpha value is -0.810. The fourth-order valence-electron chi connectivity index (χ4n) is 2.44. The molecule has 120 valence electrons. The van der Waals surface area contributed by atoms with E-state index in [2.05, 4.69) is 34.5 Å². The summed E-state index contributed by atoms with van der Waals surface area (Å²) in [7, 11) is 0. The van der Waals surface area contributed by atoms with Gasteiger partial charge in [0.2, 0.25) is 5.91 Å². The first-order chi connectivity index (χ1) is 9.11. The smallest absolute Gasteiger partial charge is 0.237 e. The number of hydrogen-bond donors (Lipinski definition) is 2. The van der Waals surface area contributed by atoms with Gasteiger partial charge in [0.05, 0.1) is 6.04 Å². The molecule has 1 amide bonds. The zero-order chi connectivity index (χ0) is 13.8. The molecule has 0 saturated carbocycles. The Morgan fingerprint density at radius 3 is 2.52 bits per heavy atom. The number of fused-ring (bicyclic) bond motifs is 1. The van der Waals surface area contributed by atoms with Gasteiger partial charge in [-0.25, -0.2) is 0 Å². The average molecular weight is 334 g/mol. The van der Waals surface area contributed by atoms with Gasteiger partial charge in [-0.05, 0) is 31.4 Å². The third-order valence-corrected chi connectivity index (χ3v) is 3.83. The van der Waals surface area contributed by atoms with Crippen LogP contribution in [0.25, 0.3) is 0 Å². The molecule has 1 heterocycles. The van der Waals surface area contributed by atoms with Crippen LogP contribution in [0.1, 0.15) is 25.0 Å². The van der Waals surface area contributed by atoms with Crippen LogP contribution >= 0.6 is 24.8 Å². The second-order valence-corrected chi connectivity index (χ2v) is 5.31. The molecule has 2 rings (SSSR count). The minimum atomic E-state index is -0.109. The van der Waals surface area contributed by atoms with Crippen LogP contribution in [0.15, 0.2) is 24.3 Å². The second kappa shape index (κ2) is 9.26. The van der Waals surface area contributed by atoms with Gasteiger partial charge >= 0.3 is 0 Å². The maximum absolute atomic E-state index is 12.1. The van der Waals surface area contributed by atoms with Crippen LogP contribution in [0.3, 0.4) is 0 Å². The Kier molecular flexibility index (Phi) is 8.90. The molecule has 0 radical (unpaired) electrons. The molecular formula is C15H25Cl2N3O. The van der Waals surface area contributed by atoms with Gasteiger partial charge in [0.25, 0.3) is 0 Å². The topological polar surface area (TPSA) is 58.4 Å². The Labute approximate surface area is 139 Å². The first kappa shape index (κ1) is 20.2. The van der Waals surface area contributed by atoms with E-state index in [0.29, 0.717) is 6.54 Å². The van der Waals surface area contributed by atoms with Gasteiger partial charge in [-0.15, -0.1) is 24.8 Å². The Balaban J connectivity index is 0.00000200. The van der Waals surface area contributed by atoms with Crippen LogP contribution in [-0.2, 0) is 17.8 Å². The minimum Gasteiger partial charge on any atom is -0.351 e. The van der Waals surface area contributed by atoms with Gasteiger partial charge in [0.1, 0.15) is 0 Å². The molecule has 3 N–H and O–H groups in total. The molecule has 6 heteroatoms. The highest BCUT2D eigenvalue weighted by Gasteiger charge is 2.25. The van der Waals surface area contributed by atoms with Crippen molar-refractivity contribution in [3.8, 4) is 0 Å². The van der Waals surface area contributed by atoms with Crippen LogP contribution in [-0.4, -0.2) is 36.0 Å². The molecule has 21 heavy (non-hydrogen) atoms. The predicted octanol–water partition coefficient (Wildman–Crippen LogP) is 1.74. The van der Waals surface area contributed by atoms with Crippen LogP contribution in [0.4, 0.5) is 0 Å². The number of nitrogens with one attached hydrogen (secondary N) is 1. The van der Waals surface area contributed by atoms with Crippen molar-refractivity contribution in [2.45, 2.75) is 38.9 Å². The molecule has 0 spiro atoms. The normalized spacial score (nSPS) is 16.7. The number of nitrogens with two attached hydrogens (primary N) is 1. The lowest BCUT2D eigenvalue weighted by Crippen LogP contribution is -2.50. The van der Waals surface area contributed by atoms with Gasteiger partial charge in [0.15, 0.2) is 0 Å². The summed E-state index contributed by atoms with van der Waals surface area (Å²) in [6.45, 7) is 6.15. The quantitative estimate of drug-likeness (QED) is 0.882. The summed E-state index contributed by atoms with van der Waals surface area (Å²) in [6.07, 6.45) is 1.01. The van der Waals surface area contributed by atoms with E-state index in [-0.39, 0.29) is 42.8 Å². The van der Waals surface area contributed by atoms with Crippen molar-refractivity contribution in [1.82, 2.24) is 10.2 Å². The van der Waals surface area contributed by atoms with E-state index in [1.165, 1.54) is 11.1 Å². The number of benzene rings is 1. The largest absolute Gasteiger partial charge is 0.351 e. The van der Waals surface area contributed by atoms with Gasteiger partial charge < -0.3 is 11.1 Å². The molecule has 0 aromatic heterocycles. The monoisotopic (exact) mass is 333 g/mol. The van der Waals surface area contributed by atoms with Crippen molar-refractivity contribution in [2.75, 3.05) is 13.1 Å². The molecule has 4 nitrogen and oxygen atoms in total. The number of hydrogen-bond acceptors (Lipinski definition) is 3. The lowest BCUT2D eigenvalue weighted by molar-refractivity contribution is -0.126. The summed E-state index contributed by atoms with van der Waals surface area (Å²) in [5, 5.41) is 2.94. The molecule has 0 aliphatic carbocycles. The number of carbonyl (C=O) groups excluding carboxylic acids is 1. The second-order valence-electron chi connectivity index (χ2n) is 5.31. The van der Waals surface area contributed by atoms with Crippen molar-refractivity contribution in [3.05, 3.63) is 35.4 Å². The molecule has 0 fully saturated rings. The summed E-state index contributed by atoms with van der Waals surface area (Å²) in [6, 6.07) is 8.38. The van der Waals surface area contributed by atoms with Crippen LogP contribution in [0.2, 0.25) is 0 Å². The SMILES string of the molecule is CC(C(=O)N[C@@H](C)CN)N1CCc2ccccc2C1.Cl.Cl. The molecule has 1 aliphatic rings. The number of rotatable bonds is 4. The molecular weight excluding hydrogens is 309 g/mol. The van der Waals surface area contributed by atoms with E-state index in [9.17, 15) is 4.79 Å². The lowest BCUT2D eigenvalue weighted by atomic mass is 9.98. The van der Waals surface area contributed by atoms with Crippen molar-refractivity contribution in [1.29, 1.82) is 0 Å². The van der Waals surface area contributed by atoms with Crippen LogP contribution in [0, 0.1) is 0 Å². The highest BCUT2D eigenvalue weighted by Crippen LogP contribution is 2.20. The van der Waals surface area contributed by atoms with E-state index in [0.717, 1.165) is 19.5 Å². The van der Waals surface area contributed by atoms with Gasteiger partial charge in [-0.1, -0.05) is 24.3 Å². The fourth-order valence-corrected chi connectivity index (χ4v) is 2.44. The predicted molar refractivity (Wildman–Crippen MR) is 91.2 cm³/mol. The highest BCUT2D eigenvalue weighted by molar-refractivity contribution is 5.85. The van der Waals surface area contributed by atoms with Gasteiger partial charge in [-0.3, -0.25) is 9.69 Å². The van der Waals surface area contributed by atoms with Gasteiger partial charge in [-0.2, -0.15) is 0 Å². The van der Waals surface area contributed by atoms with Crippen LogP contribution in [0.5, 0.6) is 0 Å². The summed E-state index contributed by atoms with van der Waals surface area (Å²) < 4.78 is 0. The Morgan fingerprint density at radius 2 is 1.90 bits per heavy atom. The number of amides is 1. The summed E-state index contributed by atoms with van der Waals surface area (Å²) in [4.78, 5) is 14.3. The number of nitrogens with zero attached hydrogens (tertiary/aromatic N) is 1. The first-order valence-electron chi connectivity index (χ1n) is 6.93. The highest BCUT2D eigenvalue weighted by atomic mass is 35.5.